The van der Waals surface area contributed by atoms with Crippen molar-refractivity contribution in [3.8, 4) is 23.3 Å². The van der Waals surface area contributed by atoms with Crippen LogP contribution in [0.2, 0.25) is 48.9 Å². The SMILES string of the molecule is COCOc1ccc(C#CCOCc2ccc(OC)cc2)c(/C=C/C[C@H]2OC(C)(C)O[C@@H]2C(/C=C\[C@@H](C)[C@H](C)O[Si](c2ccccc2)(c2ccccc2)C(C)(C)C)O[Si](C)(C)C(C)(C)C)c1C(=O)OCC[Si](C)(C)C. The molecule has 0 saturated carbocycles. The Morgan fingerprint density at radius 2 is 1.41 bits per heavy atom. The summed E-state index contributed by atoms with van der Waals surface area (Å²) in [6.07, 6.45) is 7.35. The molecule has 0 N–H and O–H groups in total. The predicted molar refractivity (Wildman–Crippen MR) is 313 cm³/mol. The number of ether oxygens (including phenoxy) is 7. The maximum absolute atomic E-state index is 14.3. The quantitative estimate of drug-likeness (QED) is 0.0168. The topological polar surface area (TPSA) is 100 Å². The second-order valence-electron chi connectivity index (χ2n) is 23.9. The molecule has 13 heteroatoms. The smallest absolute Gasteiger partial charge is 0.342 e. The van der Waals surface area contributed by atoms with Crippen LogP contribution in [0.3, 0.4) is 0 Å². The minimum absolute atomic E-state index is 0.00902. The number of carbonyl (C=O) groups is 1. The van der Waals surface area contributed by atoms with Gasteiger partial charge in [-0.05, 0) is 103 Å². The first-order valence-electron chi connectivity index (χ1n) is 26.5. The molecule has 1 aliphatic rings. The Morgan fingerprint density at radius 1 is 0.787 bits per heavy atom. The first kappa shape index (κ1) is 61.3. The van der Waals surface area contributed by atoms with Crippen LogP contribution in [-0.4, -0.2) is 95.1 Å². The minimum Gasteiger partial charge on any atom is -0.497 e. The number of carbonyl (C=O) groups excluding carboxylic acids is 1. The van der Waals surface area contributed by atoms with Crippen LogP contribution in [0.15, 0.2) is 115 Å². The number of benzene rings is 4. The molecule has 1 saturated heterocycles. The standard InChI is InChI=1S/C62H88O10Si3/c1-46(47(2)71-75(61(6,7)8,51-27-20-18-21-28-51)52-29-22-19-23-30-52)33-39-56(72-74(16,17)60(3,4)5)58-55(69-62(9,10)70-58)32-24-31-53-49(26-25-41-66-44-48-34-37-50(65-12)38-35-48)36-40-54(68-45-64-11)57(53)59(63)67-42-43-73(13,14)15/h18-24,27-31,33-40,46-47,55-56,58H,32,41-45H2,1-17H3/b31-24+,39-33-/t46-,47+,55-,56?,58+/m1/s1. The van der Waals surface area contributed by atoms with Gasteiger partial charge in [0.05, 0.1) is 32.5 Å². The van der Waals surface area contributed by atoms with E-state index >= 15 is 0 Å². The van der Waals surface area contributed by atoms with Crippen LogP contribution < -0.4 is 19.8 Å². The monoisotopic (exact) mass is 1080 g/mol. The highest BCUT2D eigenvalue weighted by Gasteiger charge is 2.52. The van der Waals surface area contributed by atoms with Crippen LogP contribution in [0.1, 0.15) is 103 Å². The van der Waals surface area contributed by atoms with Gasteiger partial charge in [0.1, 0.15) is 29.8 Å². The molecular formula is C62H88O10Si3. The highest BCUT2D eigenvalue weighted by Crippen LogP contribution is 2.42. The number of methoxy groups -OCH3 is 2. The van der Waals surface area contributed by atoms with E-state index in [4.69, 9.17) is 42.0 Å². The van der Waals surface area contributed by atoms with E-state index < -0.39 is 54.8 Å². The van der Waals surface area contributed by atoms with Crippen LogP contribution in [0.5, 0.6) is 11.5 Å². The third-order valence-corrected chi connectivity index (χ3v) is 25.5. The highest BCUT2D eigenvalue weighted by atomic mass is 28.4. The number of rotatable bonds is 24. The van der Waals surface area contributed by atoms with Crippen molar-refractivity contribution in [1.82, 2.24) is 0 Å². The summed E-state index contributed by atoms with van der Waals surface area (Å²) in [5, 5.41) is 2.24. The molecule has 1 unspecified atom stereocenters. The van der Waals surface area contributed by atoms with Gasteiger partial charge in [0.2, 0.25) is 0 Å². The summed E-state index contributed by atoms with van der Waals surface area (Å²) in [7, 11) is -3.55. The molecule has 1 fully saturated rings. The molecule has 1 aliphatic heterocycles. The maximum atomic E-state index is 14.3. The van der Waals surface area contributed by atoms with Crippen LogP contribution in [0.4, 0.5) is 0 Å². The molecule has 5 atom stereocenters. The van der Waals surface area contributed by atoms with E-state index in [-0.39, 0.29) is 41.1 Å². The van der Waals surface area contributed by atoms with Gasteiger partial charge in [0.25, 0.3) is 8.32 Å². The summed E-state index contributed by atoms with van der Waals surface area (Å²) >= 11 is 0. The Hall–Kier alpha value is -4.60. The average molecular weight is 1080 g/mol. The van der Waals surface area contributed by atoms with Gasteiger partial charge in [0, 0.05) is 32.4 Å². The van der Waals surface area contributed by atoms with Crippen molar-refractivity contribution in [2.24, 2.45) is 5.92 Å². The van der Waals surface area contributed by atoms with Gasteiger partial charge < -0.3 is 42.0 Å². The molecule has 0 aromatic heterocycles. The summed E-state index contributed by atoms with van der Waals surface area (Å²) in [6.45, 7) is 34.1. The average Bonchev–Trinajstić information content (AvgIpc) is 3.66. The summed E-state index contributed by atoms with van der Waals surface area (Å²) in [6, 6.07) is 33.7. The molecule has 75 heavy (non-hydrogen) atoms. The van der Waals surface area contributed by atoms with Crippen molar-refractivity contribution >= 4 is 47.1 Å². The van der Waals surface area contributed by atoms with E-state index in [1.165, 1.54) is 10.4 Å². The molecule has 0 bridgehead atoms. The number of hydrogen-bond acceptors (Lipinski definition) is 10. The van der Waals surface area contributed by atoms with Crippen molar-refractivity contribution in [1.29, 1.82) is 0 Å². The van der Waals surface area contributed by atoms with Crippen LogP contribution in [0, 0.1) is 17.8 Å². The normalized spacial score (nSPS) is 17.6. The molecule has 5 rings (SSSR count). The molecule has 0 radical (unpaired) electrons. The van der Waals surface area contributed by atoms with Gasteiger partial charge in [-0.25, -0.2) is 4.79 Å². The number of esters is 1. The summed E-state index contributed by atoms with van der Waals surface area (Å²) in [4.78, 5) is 14.3. The predicted octanol–water partition coefficient (Wildman–Crippen LogP) is 13.2. The van der Waals surface area contributed by atoms with E-state index in [2.05, 4.69) is 173 Å². The van der Waals surface area contributed by atoms with Gasteiger partial charge in [0.15, 0.2) is 20.9 Å². The highest BCUT2D eigenvalue weighted by molar-refractivity contribution is 6.99. The van der Waals surface area contributed by atoms with Crippen molar-refractivity contribution in [3.05, 3.63) is 138 Å². The van der Waals surface area contributed by atoms with Gasteiger partial charge >= 0.3 is 5.97 Å². The van der Waals surface area contributed by atoms with E-state index in [1.807, 2.05) is 56.3 Å². The van der Waals surface area contributed by atoms with E-state index in [1.54, 1.807) is 20.3 Å². The van der Waals surface area contributed by atoms with Gasteiger partial charge in [-0.2, -0.15) is 0 Å². The Morgan fingerprint density at radius 3 is 1.97 bits per heavy atom. The second-order valence-corrected chi connectivity index (χ2v) is 38.5. The molecule has 0 spiro atoms. The van der Waals surface area contributed by atoms with Crippen molar-refractivity contribution < 1.29 is 46.8 Å². The molecule has 408 valence electrons. The fraction of sp³-hybridized carbons (Fsp3) is 0.500. The maximum Gasteiger partial charge on any atom is 0.342 e. The van der Waals surface area contributed by atoms with Crippen LogP contribution in [-0.2, 0) is 39.1 Å². The largest absolute Gasteiger partial charge is 0.497 e. The summed E-state index contributed by atoms with van der Waals surface area (Å²) < 4.78 is 57.2. The third-order valence-electron chi connectivity index (χ3n) is 14.2. The molecule has 0 amide bonds. The second kappa shape index (κ2) is 26.6. The first-order chi connectivity index (χ1) is 35.2. The Bertz CT molecular complexity index is 2510. The van der Waals surface area contributed by atoms with Crippen molar-refractivity contribution in [3.63, 3.8) is 0 Å². The van der Waals surface area contributed by atoms with Gasteiger partial charge in [-0.1, -0.05) is 177 Å². The Kier molecular flexibility index (Phi) is 21.8. The van der Waals surface area contributed by atoms with Crippen molar-refractivity contribution in [2.45, 2.75) is 161 Å². The lowest BCUT2D eigenvalue weighted by molar-refractivity contribution is -0.151. The zero-order chi connectivity index (χ0) is 55.2. The zero-order valence-electron chi connectivity index (χ0n) is 48.3. The lowest BCUT2D eigenvalue weighted by Gasteiger charge is -2.45. The fourth-order valence-corrected chi connectivity index (χ4v) is 15.6. The minimum atomic E-state index is -2.83. The molecule has 4 aromatic rings. The summed E-state index contributed by atoms with van der Waals surface area (Å²) in [5.74, 6) is 6.20. The third kappa shape index (κ3) is 16.9. The molecule has 4 aromatic carbocycles. The van der Waals surface area contributed by atoms with E-state index in [9.17, 15) is 4.79 Å². The van der Waals surface area contributed by atoms with Gasteiger partial charge in [-0.15, -0.1) is 0 Å². The van der Waals surface area contributed by atoms with E-state index in [0.717, 1.165) is 17.4 Å². The van der Waals surface area contributed by atoms with Crippen LogP contribution >= 0.6 is 0 Å². The molecule has 0 aliphatic carbocycles. The Balaban J connectivity index is 1.51. The molecule has 10 nitrogen and oxygen atoms in total. The molecular weight excluding hydrogens is 989 g/mol. The first-order valence-corrected chi connectivity index (χ1v) is 35.1. The zero-order valence-corrected chi connectivity index (χ0v) is 51.3. The van der Waals surface area contributed by atoms with Gasteiger partial charge in [-0.3, -0.25) is 0 Å². The lowest BCUT2D eigenvalue weighted by atomic mass is 9.97. The number of hydrogen-bond donors (Lipinski definition) is 0. The summed E-state index contributed by atoms with van der Waals surface area (Å²) in [5.41, 5.74) is 2.46. The molecule has 1 heterocycles. The van der Waals surface area contributed by atoms with Crippen molar-refractivity contribution in [2.75, 3.05) is 34.2 Å². The lowest BCUT2D eigenvalue weighted by Crippen LogP contribution is -2.67. The fourth-order valence-electron chi connectivity index (χ4n) is 8.83. The van der Waals surface area contributed by atoms with E-state index in [0.29, 0.717) is 36.5 Å². The van der Waals surface area contributed by atoms with Crippen LogP contribution in [0.25, 0.3) is 6.08 Å². The Labute approximate surface area is 454 Å².